The summed E-state index contributed by atoms with van der Waals surface area (Å²) in [6.07, 6.45) is 4.16. The summed E-state index contributed by atoms with van der Waals surface area (Å²) in [7, 11) is 0. The lowest BCUT2D eigenvalue weighted by Gasteiger charge is -2.22. The van der Waals surface area contributed by atoms with Gasteiger partial charge in [-0.05, 0) is 25.2 Å². The maximum atomic E-state index is 12.4. The molecule has 1 saturated carbocycles. The van der Waals surface area contributed by atoms with Gasteiger partial charge in [0.15, 0.2) is 11.4 Å². The number of imidazole rings is 1. The maximum absolute atomic E-state index is 12.4. The first-order valence-electron chi connectivity index (χ1n) is 6.58. The Bertz CT molecular complexity index is 477. The van der Waals surface area contributed by atoms with E-state index in [2.05, 4.69) is 23.8 Å². The molecule has 6 heteroatoms. The highest BCUT2D eigenvalue weighted by molar-refractivity contribution is 6.02. The first-order valence-corrected chi connectivity index (χ1v) is 6.58. The van der Waals surface area contributed by atoms with E-state index in [1.807, 2.05) is 0 Å². The van der Waals surface area contributed by atoms with E-state index in [1.165, 1.54) is 6.33 Å². The van der Waals surface area contributed by atoms with E-state index >= 15 is 0 Å². The van der Waals surface area contributed by atoms with Gasteiger partial charge in [-0.2, -0.15) is 0 Å². The molecule has 1 aliphatic rings. The monoisotopic (exact) mass is 265 g/mol. The molecule has 1 heterocycles. The number of hydrogen-bond acceptors (Lipinski definition) is 3. The molecule has 1 aromatic heterocycles. The molecule has 104 valence electrons. The van der Waals surface area contributed by atoms with Crippen molar-refractivity contribution >= 4 is 11.9 Å². The van der Waals surface area contributed by atoms with Crippen LogP contribution in [-0.4, -0.2) is 44.4 Å². The van der Waals surface area contributed by atoms with Gasteiger partial charge in [-0.25, -0.2) is 9.78 Å². The zero-order valence-corrected chi connectivity index (χ0v) is 11.2. The molecule has 2 rings (SSSR count). The van der Waals surface area contributed by atoms with Crippen LogP contribution >= 0.6 is 0 Å². The molecule has 0 atom stereocenters. The fourth-order valence-electron chi connectivity index (χ4n) is 1.99. The van der Waals surface area contributed by atoms with Gasteiger partial charge in [-0.1, -0.05) is 13.8 Å². The van der Waals surface area contributed by atoms with Gasteiger partial charge < -0.3 is 15.0 Å². The fourth-order valence-corrected chi connectivity index (χ4v) is 1.99. The fraction of sp³-hybridized carbons (Fsp3) is 0.615. The number of H-pyrrole nitrogens is 1. The number of aromatic nitrogens is 2. The standard InChI is InChI=1S/C13H19N3O3/c1-8(2)5-6-16(9-3-4-9)12(17)10-11(13(18)19)15-7-14-10/h7-9H,3-6H2,1-2H3,(H,14,15)(H,18,19). The summed E-state index contributed by atoms with van der Waals surface area (Å²) >= 11 is 0. The van der Waals surface area contributed by atoms with Crippen LogP contribution in [0.1, 0.15) is 54.1 Å². The van der Waals surface area contributed by atoms with Crippen LogP contribution in [-0.2, 0) is 0 Å². The van der Waals surface area contributed by atoms with Gasteiger partial charge in [0.2, 0.25) is 0 Å². The molecule has 0 radical (unpaired) electrons. The summed E-state index contributed by atoms with van der Waals surface area (Å²) in [5, 5.41) is 9.02. The van der Waals surface area contributed by atoms with Gasteiger partial charge in [-0.3, -0.25) is 4.79 Å². The minimum absolute atomic E-state index is 0.0168. The number of amides is 1. The molecule has 19 heavy (non-hydrogen) atoms. The number of carboxylic acid groups (broad SMARTS) is 1. The number of rotatable bonds is 6. The Hall–Kier alpha value is -1.85. The van der Waals surface area contributed by atoms with Crippen LogP contribution in [0, 0.1) is 5.92 Å². The third-order valence-corrected chi connectivity index (χ3v) is 3.25. The van der Waals surface area contributed by atoms with E-state index < -0.39 is 5.97 Å². The van der Waals surface area contributed by atoms with Crippen molar-refractivity contribution in [3.8, 4) is 0 Å². The predicted molar refractivity (Wildman–Crippen MR) is 69.1 cm³/mol. The molecular weight excluding hydrogens is 246 g/mol. The smallest absolute Gasteiger partial charge is 0.354 e. The Morgan fingerprint density at radius 1 is 1.53 bits per heavy atom. The van der Waals surface area contributed by atoms with Crippen molar-refractivity contribution in [2.45, 2.75) is 39.2 Å². The summed E-state index contributed by atoms with van der Waals surface area (Å²) in [6.45, 7) is 4.87. The normalized spacial score (nSPS) is 14.7. The third kappa shape index (κ3) is 3.13. The van der Waals surface area contributed by atoms with Crippen molar-refractivity contribution in [2.75, 3.05) is 6.54 Å². The van der Waals surface area contributed by atoms with Crippen LogP contribution in [0.3, 0.4) is 0 Å². The summed E-state index contributed by atoms with van der Waals surface area (Å²) in [5.41, 5.74) is -0.108. The molecular formula is C13H19N3O3. The van der Waals surface area contributed by atoms with Crippen LogP contribution in [0.15, 0.2) is 6.33 Å². The molecule has 6 nitrogen and oxygen atoms in total. The minimum Gasteiger partial charge on any atom is -0.477 e. The Morgan fingerprint density at radius 2 is 2.21 bits per heavy atom. The molecule has 0 aromatic carbocycles. The van der Waals surface area contributed by atoms with Crippen molar-refractivity contribution < 1.29 is 14.7 Å². The SMILES string of the molecule is CC(C)CCN(C(=O)c1nc[nH]c1C(=O)O)C1CC1. The number of nitrogens with zero attached hydrogens (tertiary/aromatic N) is 2. The number of carboxylic acids is 1. The molecule has 0 saturated heterocycles. The van der Waals surface area contributed by atoms with Crippen LogP contribution in [0.5, 0.6) is 0 Å². The molecule has 0 bridgehead atoms. The maximum Gasteiger partial charge on any atom is 0.354 e. The highest BCUT2D eigenvalue weighted by atomic mass is 16.4. The number of carbonyl (C=O) groups is 2. The summed E-state index contributed by atoms with van der Waals surface area (Å²) < 4.78 is 0. The number of carbonyl (C=O) groups excluding carboxylic acids is 1. The third-order valence-electron chi connectivity index (χ3n) is 3.25. The van der Waals surface area contributed by atoms with Crippen molar-refractivity contribution in [2.24, 2.45) is 5.92 Å². The van der Waals surface area contributed by atoms with Gasteiger partial charge in [0.05, 0.1) is 6.33 Å². The summed E-state index contributed by atoms with van der Waals surface area (Å²) in [5.74, 6) is -0.922. The molecule has 1 fully saturated rings. The lowest BCUT2D eigenvalue weighted by Crippen LogP contribution is -2.35. The van der Waals surface area contributed by atoms with Crippen LogP contribution in [0.4, 0.5) is 0 Å². The van der Waals surface area contributed by atoms with E-state index in [0.29, 0.717) is 12.5 Å². The average molecular weight is 265 g/mol. The molecule has 2 N–H and O–H groups in total. The quantitative estimate of drug-likeness (QED) is 0.820. The lowest BCUT2D eigenvalue weighted by atomic mass is 10.1. The lowest BCUT2D eigenvalue weighted by molar-refractivity contribution is 0.0662. The molecule has 1 aliphatic carbocycles. The van der Waals surface area contributed by atoms with Gasteiger partial charge >= 0.3 is 5.97 Å². The molecule has 1 amide bonds. The second kappa shape index (κ2) is 5.42. The van der Waals surface area contributed by atoms with Crippen LogP contribution in [0.2, 0.25) is 0 Å². The Morgan fingerprint density at radius 3 is 2.74 bits per heavy atom. The van der Waals surface area contributed by atoms with Crippen LogP contribution < -0.4 is 0 Å². The molecule has 0 aliphatic heterocycles. The van der Waals surface area contributed by atoms with E-state index in [-0.39, 0.29) is 23.3 Å². The van der Waals surface area contributed by atoms with Crippen molar-refractivity contribution in [1.29, 1.82) is 0 Å². The van der Waals surface area contributed by atoms with Gasteiger partial charge in [0, 0.05) is 12.6 Å². The van der Waals surface area contributed by atoms with E-state index in [1.54, 1.807) is 4.90 Å². The minimum atomic E-state index is -1.15. The second-order valence-electron chi connectivity index (χ2n) is 5.34. The summed E-state index contributed by atoms with van der Waals surface area (Å²) in [4.78, 5) is 31.6. The van der Waals surface area contributed by atoms with Gasteiger partial charge in [0.1, 0.15) is 0 Å². The Balaban J connectivity index is 2.14. The van der Waals surface area contributed by atoms with Crippen molar-refractivity contribution in [3.63, 3.8) is 0 Å². The topological polar surface area (TPSA) is 86.3 Å². The highest BCUT2D eigenvalue weighted by Crippen LogP contribution is 2.29. The first-order chi connectivity index (χ1) is 9.00. The van der Waals surface area contributed by atoms with Crippen molar-refractivity contribution in [3.05, 3.63) is 17.7 Å². The molecule has 0 spiro atoms. The number of hydrogen-bond donors (Lipinski definition) is 2. The number of aromatic amines is 1. The Kier molecular flexibility index (Phi) is 3.87. The van der Waals surface area contributed by atoms with Gasteiger partial charge in [0.25, 0.3) is 5.91 Å². The zero-order chi connectivity index (χ0) is 14.0. The first kappa shape index (κ1) is 13.6. The average Bonchev–Trinajstić information content (AvgIpc) is 3.04. The number of nitrogens with one attached hydrogen (secondary N) is 1. The largest absolute Gasteiger partial charge is 0.477 e. The predicted octanol–water partition coefficient (Wildman–Crippen LogP) is 1.76. The molecule has 1 aromatic rings. The molecule has 0 unspecified atom stereocenters. The second-order valence-corrected chi connectivity index (χ2v) is 5.34. The van der Waals surface area contributed by atoms with E-state index in [0.717, 1.165) is 19.3 Å². The zero-order valence-electron chi connectivity index (χ0n) is 11.2. The van der Waals surface area contributed by atoms with Crippen molar-refractivity contribution in [1.82, 2.24) is 14.9 Å². The number of aromatic carboxylic acids is 1. The van der Waals surface area contributed by atoms with Gasteiger partial charge in [-0.15, -0.1) is 0 Å². The Labute approximate surface area is 111 Å². The van der Waals surface area contributed by atoms with E-state index in [9.17, 15) is 9.59 Å². The van der Waals surface area contributed by atoms with Crippen LogP contribution in [0.25, 0.3) is 0 Å². The summed E-state index contributed by atoms with van der Waals surface area (Å²) in [6, 6.07) is 0.254. The van der Waals surface area contributed by atoms with E-state index in [4.69, 9.17) is 5.11 Å². The highest BCUT2D eigenvalue weighted by Gasteiger charge is 2.35.